The number of phenols is 1. The number of phenolic OH excluding ortho intramolecular Hbond substituents is 1. The number of rotatable bonds is 4. The van der Waals surface area contributed by atoms with E-state index in [4.69, 9.17) is 10.00 Å². The molecular formula is C14H15N3O3. The second kappa shape index (κ2) is 6.06. The van der Waals surface area contributed by atoms with Crippen molar-refractivity contribution in [3.63, 3.8) is 0 Å². The third-order valence-corrected chi connectivity index (χ3v) is 2.96. The molecule has 20 heavy (non-hydrogen) atoms. The number of benzene rings is 1. The van der Waals surface area contributed by atoms with Crippen molar-refractivity contribution in [2.24, 2.45) is 5.10 Å². The first-order valence-corrected chi connectivity index (χ1v) is 6.35. The summed E-state index contributed by atoms with van der Waals surface area (Å²) in [5, 5.41) is 24.1. The van der Waals surface area contributed by atoms with Crippen LogP contribution in [-0.2, 0) is 9.53 Å². The van der Waals surface area contributed by atoms with Crippen molar-refractivity contribution >= 4 is 17.4 Å². The van der Waals surface area contributed by atoms with Crippen molar-refractivity contribution < 1.29 is 14.6 Å². The van der Waals surface area contributed by atoms with E-state index < -0.39 is 5.97 Å². The molecule has 0 saturated carbocycles. The molecule has 0 aliphatic carbocycles. The van der Waals surface area contributed by atoms with E-state index in [2.05, 4.69) is 11.2 Å². The lowest BCUT2D eigenvalue weighted by Gasteiger charge is -2.21. The molecule has 2 rings (SSSR count). The van der Waals surface area contributed by atoms with Crippen LogP contribution in [0.1, 0.15) is 19.8 Å². The van der Waals surface area contributed by atoms with Crippen molar-refractivity contribution in [3.05, 3.63) is 24.3 Å². The number of aromatic hydroxyl groups is 1. The van der Waals surface area contributed by atoms with Gasteiger partial charge in [-0.3, -0.25) is 5.01 Å². The summed E-state index contributed by atoms with van der Waals surface area (Å²) in [4.78, 5) is 11.7. The van der Waals surface area contributed by atoms with Gasteiger partial charge in [-0.05, 0) is 31.2 Å². The summed E-state index contributed by atoms with van der Waals surface area (Å²) in [6.45, 7) is 2.03. The van der Waals surface area contributed by atoms with Gasteiger partial charge in [-0.1, -0.05) is 0 Å². The molecule has 0 fully saturated rings. The predicted octanol–water partition coefficient (Wildman–Crippen LogP) is 1.80. The molecule has 1 aromatic rings. The monoisotopic (exact) mass is 273 g/mol. The number of anilines is 1. The van der Waals surface area contributed by atoms with E-state index in [-0.39, 0.29) is 18.2 Å². The highest BCUT2D eigenvalue weighted by Gasteiger charge is 2.31. The summed E-state index contributed by atoms with van der Waals surface area (Å²) in [6, 6.07) is 8.37. The lowest BCUT2D eigenvalue weighted by molar-refractivity contribution is -0.135. The average Bonchev–Trinajstić information content (AvgIpc) is 2.84. The Morgan fingerprint density at radius 1 is 1.55 bits per heavy atom. The molecule has 0 aromatic heterocycles. The number of hydrogen-bond donors (Lipinski definition) is 1. The lowest BCUT2D eigenvalue weighted by Crippen LogP contribution is -2.26. The summed E-state index contributed by atoms with van der Waals surface area (Å²) in [5.41, 5.74) is 1.04. The van der Waals surface area contributed by atoms with E-state index in [1.807, 2.05) is 0 Å². The first-order chi connectivity index (χ1) is 9.65. The van der Waals surface area contributed by atoms with Crippen molar-refractivity contribution in [2.75, 3.05) is 11.6 Å². The van der Waals surface area contributed by atoms with Gasteiger partial charge in [0, 0.05) is 6.42 Å². The van der Waals surface area contributed by atoms with Crippen molar-refractivity contribution in [1.82, 2.24) is 0 Å². The summed E-state index contributed by atoms with van der Waals surface area (Å²) in [7, 11) is 0. The van der Waals surface area contributed by atoms with Gasteiger partial charge < -0.3 is 9.84 Å². The van der Waals surface area contributed by atoms with Gasteiger partial charge in [-0.25, -0.2) is 4.79 Å². The zero-order valence-electron chi connectivity index (χ0n) is 11.1. The van der Waals surface area contributed by atoms with Crippen LogP contribution in [0.2, 0.25) is 0 Å². The van der Waals surface area contributed by atoms with Crippen LogP contribution in [0.4, 0.5) is 5.69 Å². The molecule has 1 atom stereocenters. The van der Waals surface area contributed by atoms with Crippen molar-refractivity contribution in [2.45, 2.75) is 25.8 Å². The Morgan fingerprint density at radius 3 is 2.85 bits per heavy atom. The quantitative estimate of drug-likeness (QED) is 0.845. The van der Waals surface area contributed by atoms with Crippen LogP contribution in [0.3, 0.4) is 0 Å². The molecule has 104 valence electrons. The standard InChI is InChI=1S/C14H15N3O3/c1-2-20-14(19)13-9-11(7-8-15)17(16-13)10-3-5-12(18)6-4-10/h3-6,11,18H,2,7,9H2,1H3/t11-/m0/s1. The fraction of sp³-hybridized carbons (Fsp3) is 0.357. The van der Waals surface area contributed by atoms with Gasteiger partial charge in [-0.15, -0.1) is 0 Å². The van der Waals surface area contributed by atoms with Gasteiger partial charge in [0.05, 0.1) is 30.8 Å². The molecular weight excluding hydrogens is 258 g/mol. The Balaban J connectivity index is 2.24. The van der Waals surface area contributed by atoms with Gasteiger partial charge in [0.15, 0.2) is 0 Å². The smallest absolute Gasteiger partial charge is 0.354 e. The van der Waals surface area contributed by atoms with E-state index in [0.29, 0.717) is 18.7 Å². The second-order valence-electron chi connectivity index (χ2n) is 4.35. The first kappa shape index (κ1) is 13.9. The number of nitriles is 1. The normalized spacial score (nSPS) is 17.5. The molecule has 1 aromatic carbocycles. The number of hydrogen-bond acceptors (Lipinski definition) is 6. The minimum Gasteiger partial charge on any atom is -0.508 e. The Labute approximate surface area is 116 Å². The predicted molar refractivity (Wildman–Crippen MR) is 73.3 cm³/mol. The molecule has 0 bridgehead atoms. The summed E-state index contributed by atoms with van der Waals surface area (Å²) >= 11 is 0. The molecule has 0 spiro atoms. The number of esters is 1. The maximum Gasteiger partial charge on any atom is 0.354 e. The maximum absolute atomic E-state index is 11.7. The van der Waals surface area contributed by atoms with Crippen LogP contribution >= 0.6 is 0 Å². The Hall–Kier alpha value is -2.55. The third kappa shape index (κ3) is 2.88. The van der Waals surface area contributed by atoms with Gasteiger partial charge in [-0.2, -0.15) is 10.4 Å². The number of carbonyl (C=O) groups excluding carboxylic acids is 1. The minimum atomic E-state index is -0.447. The summed E-state index contributed by atoms with van der Waals surface area (Å²) in [5.74, 6) is -0.295. The van der Waals surface area contributed by atoms with Gasteiger partial charge in [0.25, 0.3) is 0 Å². The Morgan fingerprint density at radius 2 is 2.25 bits per heavy atom. The largest absolute Gasteiger partial charge is 0.508 e. The number of nitrogens with zero attached hydrogens (tertiary/aromatic N) is 3. The van der Waals surface area contributed by atoms with Gasteiger partial charge >= 0.3 is 5.97 Å². The molecule has 1 aliphatic rings. The van der Waals surface area contributed by atoms with E-state index in [1.165, 1.54) is 12.1 Å². The molecule has 0 amide bonds. The van der Waals surface area contributed by atoms with Crippen LogP contribution in [0.5, 0.6) is 5.75 Å². The molecule has 6 nitrogen and oxygen atoms in total. The zero-order valence-corrected chi connectivity index (χ0v) is 11.1. The Kier molecular flexibility index (Phi) is 4.20. The SMILES string of the molecule is CCOC(=O)C1=NN(c2ccc(O)cc2)[C@@H](CC#N)C1. The fourth-order valence-corrected chi connectivity index (χ4v) is 2.04. The summed E-state index contributed by atoms with van der Waals surface area (Å²) < 4.78 is 4.94. The highest BCUT2D eigenvalue weighted by atomic mass is 16.5. The molecule has 6 heteroatoms. The average molecular weight is 273 g/mol. The third-order valence-electron chi connectivity index (χ3n) is 2.96. The van der Waals surface area contributed by atoms with E-state index in [0.717, 1.165) is 5.69 Å². The van der Waals surface area contributed by atoms with Gasteiger partial charge in [0.1, 0.15) is 11.5 Å². The molecule has 0 radical (unpaired) electrons. The maximum atomic E-state index is 11.7. The second-order valence-corrected chi connectivity index (χ2v) is 4.35. The molecule has 1 aliphatic heterocycles. The summed E-state index contributed by atoms with van der Waals surface area (Å²) in [6.07, 6.45) is 0.639. The fourth-order valence-electron chi connectivity index (χ4n) is 2.04. The molecule has 0 unspecified atom stereocenters. The van der Waals surface area contributed by atoms with Crippen LogP contribution < -0.4 is 5.01 Å². The number of hydrazone groups is 1. The van der Waals surface area contributed by atoms with Crippen LogP contribution in [0.25, 0.3) is 0 Å². The highest BCUT2D eigenvalue weighted by molar-refractivity contribution is 6.37. The number of ether oxygens (including phenoxy) is 1. The highest BCUT2D eigenvalue weighted by Crippen LogP contribution is 2.27. The van der Waals surface area contributed by atoms with E-state index in [9.17, 15) is 9.90 Å². The topological polar surface area (TPSA) is 85.9 Å². The van der Waals surface area contributed by atoms with E-state index in [1.54, 1.807) is 24.1 Å². The van der Waals surface area contributed by atoms with Crippen molar-refractivity contribution in [3.8, 4) is 11.8 Å². The van der Waals surface area contributed by atoms with Gasteiger partial charge in [0.2, 0.25) is 0 Å². The molecule has 1 heterocycles. The number of carbonyl (C=O) groups is 1. The first-order valence-electron chi connectivity index (χ1n) is 6.35. The Bertz CT molecular complexity index is 560. The molecule has 1 N–H and O–H groups in total. The molecule has 0 saturated heterocycles. The van der Waals surface area contributed by atoms with E-state index >= 15 is 0 Å². The van der Waals surface area contributed by atoms with Crippen LogP contribution in [0.15, 0.2) is 29.4 Å². The van der Waals surface area contributed by atoms with Crippen LogP contribution in [-0.4, -0.2) is 29.4 Å². The van der Waals surface area contributed by atoms with Crippen LogP contribution in [0, 0.1) is 11.3 Å². The zero-order chi connectivity index (χ0) is 14.5. The lowest BCUT2D eigenvalue weighted by atomic mass is 10.1. The van der Waals surface area contributed by atoms with Crippen molar-refractivity contribution in [1.29, 1.82) is 5.26 Å². The minimum absolute atomic E-state index is 0.152.